The summed E-state index contributed by atoms with van der Waals surface area (Å²) in [4.78, 5) is 11.7. The summed E-state index contributed by atoms with van der Waals surface area (Å²) < 4.78 is 5.78. The maximum absolute atomic E-state index is 11.7. The number of aliphatic hydroxyl groups is 1. The molecule has 1 unspecified atom stereocenters. The summed E-state index contributed by atoms with van der Waals surface area (Å²) in [7, 11) is 0. The number of carbonyl (C=O) groups is 1. The highest BCUT2D eigenvalue weighted by molar-refractivity contribution is 5.66. The van der Waals surface area contributed by atoms with E-state index in [0.29, 0.717) is 18.3 Å². The van der Waals surface area contributed by atoms with Crippen molar-refractivity contribution < 1.29 is 14.6 Å². The molecule has 0 saturated heterocycles. The molecule has 0 aromatic rings. The quantitative estimate of drug-likeness (QED) is 0.559. The minimum absolute atomic E-state index is 0.0500. The Bertz CT molecular complexity index is 545. The first-order chi connectivity index (χ1) is 11.4. The van der Waals surface area contributed by atoms with E-state index in [9.17, 15) is 9.90 Å². The fourth-order valence-corrected chi connectivity index (χ4v) is 5.83. The van der Waals surface area contributed by atoms with Crippen molar-refractivity contribution in [3.8, 4) is 0 Å². The van der Waals surface area contributed by atoms with Crippen LogP contribution in [-0.4, -0.2) is 22.8 Å². The molecule has 5 atom stereocenters. The third-order valence-electron chi connectivity index (χ3n) is 6.91. The van der Waals surface area contributed by atoms with Crippen LogP contribution < -0.4 is 0 Å². The smallest absolute Gasteiger partial charge is 0.302 e. The molecule has 0 amide bonds. The van der Waals surface area contributed by atoms with Gasteiger partial charge < -0.3 is 9.84 Å². The number of carbonyl (C=O) groups excluding carboxylic acids is 1. The molecule has 2 aliphatic carbocycles. The van der Waals surface area contributed by atoms with Crippen LogP contribution in [0.1, 0.15) is 73.1 Å². The summed E-state index contributed by atoms with van der Waals surface area (Å²) in [6, 6.07) is 0. The maximum Gasteiger partial charge on any atom is 0.302 e. The average molecular weight is 349 g/mol. The Labute approximate surface area is 153 Å². The zero-order valence-corrected chi connectivity index (χ0v) is 16.7. The Morgan fingerprint density at radius 2 is 2.04 bits per heavy atom. The molecule has 0 aromatic carbocycles. The number of hydrogen-bond donors (Lipinski definition) is 1. The Balaban J connectivity index is 2.35. The third kappa shape index (κ3) is 4.02. The lowest BCUT2D eigenvalue weighted by Gasteiger charge is -2.60. The van der Waals surface area contributed by atoms with Crippen LogP contribution in [0.2, 0.25) is 0 Å². The monoisotopic (exact) mass is 348 g/mol. The SMILES string of the molecule is C=CC(C)(O)CC[C@H]1C(=C)C[C@H](OC(C)=O)[C@H]2C(C)(C)CCC[C@]12C. The van der Waals surface area contributed by atoms with E-state index >= 15 is 0 Å². The highest BCUT2D eigenvalue weighted by atomic mass is 16.5. The molecule has 0 bridgehead atoms. The topological polar surface area (TPSA) is 46.5 Å². The first-order valence-electron chi connectivity index (χ1n) is 9.64. The third-order valence-corrected chi connectivity index (χ3v) is 6.91. The molecule has 25 heavy (non-hydrogen) atoms. The summed E-state index contributed by atoms with van der Waals surface area (Å²) in [5, 5.41) is 10.4. The van der Waals surface area contributed by atoms with Crippen molar-refractivity contribution in [2.45, 2.75) is 84.8 Å². The van der Waals surface area contributed by atoms with E-state index < -0.39 is 5.60 Å². The molecular formula is C22H36O3. The van der Waals surface area contributed by atoms with E-state index in [4.69, 9.17) is 4.74 Å². The van der Waals surface area contributed by atoms with Crippen LogP contribution in [0.3, 0.4) is 0 Å². The number of rotatable bonds is 5. The number of ether oxygens (including phenoxy) is 1. The molecule has 2 fully saturated rings. The summed E-state index contributed by atoms with van der Waals surface area (Å²) >= 11 is 0. The normalized spacial score (nSPS) is 36.9. The highest BCUT2D eigenvalue weighted by Gasteiger charge is 2.57. The summed E-state index contributed by atoms with van der Waals surface area (Å²) in [6.45, 7) is 18.4. The predicted octanol–water partition coefficient (Wildman–Crippen LogP) is 5.04. The summed E-state index contributed by atoms with van der Waals surface area (Å²) in [5.41, 5.74) is 0.507. The average Bonchev–Trinajstić information content (AvgIpc) is 2.44. The largest absolute Gasteiger partial charge is 0.462 e. The van der Waals surface area contributed by atoms with Gasteiger partial charge in [-0.3, -0.25) is 4.79 Å². The van der Waals surface area contributed by atoms with Gasteiger partial charge in [-0.15, -0.1) is 6.58 Å². The van der Waals surface area contributed by atoms with E-state index in [1.54, 1.807) is 6.08 Å². The Morgan fingerprint density at radius 1 is 1.40 bits per heavy atom. The molecule has 1 N–H and O–H groups in total. The second kappa shape index (κ2) is 6.90. The van der Waals surface area contributed by atoms with Crippen molar-refractivity contribution in [2.75, 3.05) is 0 Å². The van der Waals surface area contributed by atoms with Gasteiger partial charge in [0.1, 0.15) is 6.10 Å². The molecule has 0 spiro atoms. The van der Waals surface area contributed by atoms with Gasteiger partial charge in [-0.05, 0) is 49.4 Å². The lowest BCUT2D eigenvalue weighted by molar-refractivity contribution is -0.171. The van der Waals surface area contributed by atoms with Gasteiger partial charge in [-0.2, -0.15) is 0 Å². The molecule has 0 heterocycles. The molecule has 142 valence electrons. The van der Waals surface area contributed by atoms with Gasteiger partial charge in [0, 0.05) is 19.3 Å². The van der Waals surface area contributed by atoms with E-state index in [1.807, 2.05) is 6.92 Å². The molecule has 0 radical (unpaired) electrons. The van der Waals surface area contributed by atoms with E-state index in [-0.39, 0.29) is 22.9 Å². The van der Waals surface area contributed by atoms with E-state index in [1.165, 1.54) is 18.9 Å². The number of esters is 1. The fraction of sp³-hybridized carbons (Fsp3) is 0.773. The standard InChI is InChI=1S/C22H36O3/c1-8-21(6,24)13-10-17-15(2)14-18(25-16(3)23)19-20(4,5)11-9-12-22(17,19)7/h8,17-19,24H,1-2,9-14H2,3-7H3/t17-,18-,19-,21?,22+/m0/s1. The first-order valence-corrected chi connectivity index (χ1v) is 9.64. The zero-order valence-electron chi connectivity index (χ0n) is 16.7. The van der Waals surface area contributed by atoms with Crippen LogP contribution in [0.25, 0.3) is 0 Å². The van der Waals surface area contributed by atoms with Crippen molar-refractivity contribution >= 4 is 5.97 Å². The molecule has 2 rings (SSSR count). The van der Waals surface area contributed by atoms with Gasteiger partial charge in [0.05, 0.1) is 5.60 Å². The molecule has 3 heteroatoms. The molecular weight excluding hydrogens is 312 g/mol. The van der Waals surface area contributed by atoms with Gasteiger partial charge in [0.25, 0.3) is 0 Å². The molecule has 2 aliphatic rings. The predicted molar refractivity (Wildman–Crippen MR) is 102 cm³/mol. The summed E-state index contributed by atoms with van der Waals surface area (Å²) in [5.74, 6) is 0.465. The van der Waals surface area contributed by atoms with Gasteiger partial charge in [0.2, 0.25) is 0 Å². The minimum atomic E-state index is -0.844. The molecule has 0 aliphatic heterocycles. The van der Waals surface area contributed by atoms with Gasteiger partial charge in [-0.1, -0.05) is 45.4 Å². The van der Waals surface area contributed by atoms with E-state index in [0.717, 1.165) is 25.7 Å². The molecule has 0 aromatic heterocycles. The van der Waals surface area contributed by atoms with Gasteiger partial charge in [0.15, 0.2) is 0 Å². The van der Waals surface area contributed by atoms with Gasteiger partial charge >= 0.3 is 5.97 Å². The zero-order chi connectivity index (χ0) is 19.0. The van der Waals surface area contributed by atoms with E-state index in [2.05, 4.69) is 33.9 Å². The first kappa shape index (κ1) is 20.2. The Hall–Kier alpha value is -1.09. The maximum atomic E-state index is 11.7. The Morgan fingerprint density at radius 3 is 2.60 bits per heavy atom. The van der Waals surface area contributed by atoms with Crippen molar-refractivity contribution in [3.63, 3.8) is 0 Å². The molecule has 3 nitrogen and oxygen atoms in total. The number of fused-ring (bicyclic) bond motifs is 1. The van der Waals surface area contributed by atoms with Crippen LogP contribution in [0, 0.1) is 22.7 Å². The molecule has 2 saturated carbocycles. The highest BCUT2D eigenvalue weighted by Crippen LogP contribution is 2.62. The van der Waals surface area contributed by atoms with Crippen molar-refractivity contribution in [3.05, 3.63) is 24.8 Å². The second-order valence-electron chi connectivity index (χ2n) is 9.49. The van der Waals surface area contributed by atoms with Crippen molar-refractivity contribution in [1.82, 2.24) is 0 Å². The Kier molecular flexibility index (Phi) is 5.59. The lowest BCUT2D eigenvalue weighted by Crippen LogP contribution is -2.56. The van der Waals surface area contributed by atoms with Crippen LogP contribution in [0.15, 0.2) is 24.8 Å². The van der Waals surface area contributed by atoms with Crippen LogP contribution >= 0.6 is 0 Å². The van der Waals surface area contributed by atoms with Crippen molar-refractivity contribution in [2.24, 2.45) is 22.7 Å². The van der Waals surface area contributed by atoms with Crippen molar-refractivity contribution in [1.29, 1.82) is 0 Å². The summed E-state index contributed by atoms with van der Waals surface area (Å²) in [6.07, 6.45) is 7.34. The van der Waals surface area contributed by atoms with Crippen LogP contribution in [0.4, 0.5) is 0 Å². The van der Waals surface area contributed by atoms with Crippen LogP contribution in [-0.2, 0) is 9.53 Å². The fourth-order valence-electron chi connectivity index (χ4n) is 5.83. The van der Waals surface area contributed by atoms with Crippen LogP contribution in [0.5, 0.6) is 0 Å². The minimum Gasteiger partial charge on any atom is -0.462 e. The number of hydrogen-bond acceptors (Lipinski definition) is 3. The second-order valence-corrected chi connectivity index (χ2v) is 9.49. The van der Waals surface area contributed by atoms with Gasteiger partial charge in [-0.25, -0.2) is 0 Å². The lowest BCUT2D eigenvalue weighted by atomic mass is 9.46.